The van der Waals surface area contributed by atoms with Crippen molar-refractivity contribution in [3.8, 4) is 17.2 Å². The fraction of sp³-hybridized carbons (Fsp3) is 0.389. The minimum Gasteiger partial charge on any atom is -0.493 e. The fourth-order valence-electron chi connectivity index (χ4n) is 2.54. The number of nitrogens with one attached hydrogen (secondary N) is 2. The Labute approximate surface area is 151 Å². The normalized spacial score (nSPS) is 13.1. The van der Waals surface area contributed by atoms with E-state index in [4.69, 9.17) is 14.2 Å². The number of aromatic nitrogens is 2. The van der Waals surface area contributed by atoms with E-state index in [1.165, 1.54) is 0 Å². The lowest BCUT2D eigenvalue weighted by Gasteiger charge is -2.15. The van der Waals surface area contributed by atoms with Crippen molar-refractivity contribution in [1.29, 1.82) is 0 Å². The molecule has 1 aromatic carbocycles. The van der Waals surface area contributed by atoms with Crippen molar-refractivity contribution < 1.29 is 19.0 Å². The van der Waals surface area contributed by atoms with Crippen LogP contribution < -0.4 is 24.8 Å². The molecule has 1 heterocycles. The van der Waals surface area contributed by atoms with Crippen molar-refractivity contribution in [2.75, 3.05) is 26.6 Å². The molecule has 1 saturated carbocycles. The highest BCUT2D eigenvalue weighted by Gasteiger charge is 2.24. The van der Waals surface area contributed by atoms with Crippen LogP contribution in [0.5, 0.6) is 17.2 Å². The van der Waals surface area contributed by atoms with Crippen molar-refractivity contribution in [3.63, 3.8) is 0 Å². The maximum atomic E-state index is 12.3. The summed E-state index contributed by atoms with van der Waals surface area (Å²) in [6.07, 6.45) is 2.04. The number of carbonyl (C=O) groups is 1. The molecular weight excluding hydrogens is 336 g/mol. The first-order valence-corrected chi connectivity index (χ1v) is 8.27. The van der Waals surface area contributed by atoms with E-state index < -0.39 is 0 Å². The van der Waals surface area contributed by atoms with Gasteiger partial charge in [0.25, 0.3) is 5.91 Å². The molecule has 0 radical (unpaired) electrons. The molecule has 1 amide bonds. The SMILES string of the molecule is COc1cc(Nc2cc(C(=O)NC3CC3)nc(C)n2)cc(OC)c1OC. The van der Waals surface area contributed by atoms with Crippen LogP contribution in [0.4, 0.5) is 11.5 Å². The van der Waals surface area contributed by atoms with E-state index in [1.807, 2.05) is 0 Å². The summed E-state index contributed by atoms with van der Waals surface area (Å²) < 4.78 is 16.0. The first kappa shape index (κ1) is 17.8. The number of nitrogens with zero attached hydrogens (tertiary/aromatic N) is 2. The molecule has 1 aliphatic rings. The predicted octanol–water partition coefficient (Wildman–Crippen LogP) is 2.45. The quantitative estimate of drug-likeness (QED) is 0.785. The minimum absolute atomic E-state index is 0.189. The van der Waals surface area contributed by atoms with Gasteiger partial charge in [-0.15, -0.1) is 0 Å². The van der Waals surface area contributed by atoms with Crippen molar-refractivity contribution in [3.05, 3.63) is 29.7 Å². The van der Waals surface area contributed by atoms with E-state index in [2.05, 4.69) is 20.6 Å². The van der Waals surface area contributed by atoms with Gasteiger partial charge in [0.05, 0.1) is 21.3 Å². The molecule has 26 heavy (non-hydrogen) atoms. The number of benzene rings is 1. The monoisotopic (exact) mass is 358 g/mol. The highest BCUT2D eigenvalue weighted by molar-refractivity contribution is 5.93. The number of aryl methyl sites for hydroxylation is 1. The number of carbonyl (C=O) groups excluding carboxylic acids is 1. The summed E-state index contributed by atoms with van der Waals surface area (Å²) >= 11 is 0. The Kier molecular flexibility index (Phi) is 5.11. The van der Waals surface area contributed by atoms with E-state index in [1.54, 1.807) is 46.5 Å². The number of hydrogen-bond acceptors (Lipinski definition) is 7. The number of amides is 1. The predicted molar refractivity (Wildman–Crippen MR) is 96.6 cm³/mol. The fourth-order valence-corrected chi connectivity index (χ4v) is 2.54. The summed E-state index contributed by atoms with van der Waals surface area (Å²) in [6, 6.07) is 5.42. The number of rotatable bonds is 7. The molecule has 8 nitrogen and oxygen atoms in total. The maximum absolute atomic E-state index is 12.3. The minimum atomic E-state index is -0.189. The highest BCUT2D eigenvalue weighted by atomic mass is 16.5. The van der Waals surface area contributed by atoms with Crippen LogP contribution in [0, 0.1) is 6.92 Å². The zero-order valence-electron chi connectivity index (χ0n) is 15.3. The van der Waals surface area contributed by atoms with Crippen LogP contribution in [0.2, 0.25) is 0 Å². The molecule has 0 atom stereocenters. The molecule has 2 aromatic rings. The molecule has 1 aliphatic carbocycles. The van der Waals surface area contributed by atoms with Gasteiger partial charge in [-0.05, 0) is 19.8 Å². The largest absolute Gasteiger partial charge is 0.493 e. The van der Waals surface area contributed by atoms with Gasteiger partial charge < -0.3 is 24.8 Å². The molecule has 0 unspecified atom stereocenters. The summed E-state index contributed by atoms with van der Waals surface area (Å²) in [7, 11) is 4.65. The van der Waals surface area contributed by atoms with Gasteiger partial charge in [0.15, 0.2) is 11.5 Å². The molecule has 8 heteroatoms. The van der Waals surface area contributed by atoms with Crippen LogP contribution in [0.1, 0.15) is 29.2 Å². The third kappa shape index (κ3) is 3.96. The number of methoxy groups -OCH3 is 3. The second-order valence-electron chi connectivity index (χ2n) is 5.97. The van der Waals surface area contributed by atoms with Crippen molar-refractivity contribution >= 4 is 17.4 Å². The van der Waals surface area contributed by atoms with E-state index >= 15 is 0 Å². The molecule has 0 bridgehead atoms. The second kappa shape index (κ2) is 7.47. The van der Waals surface area contributed by atoms with E-state index in [0.717, 1.165) is 12.8 Å². The first-order chi connectivity index (χ1) is 12.5. The van der Waals surface area contributed by atoms with Gasteiger partial charge in [-0.1, -0.05) is 0 Å². The molecular formula is C18H22N4O4. The lowest BCUT2D eigenvalue weighted by Crippen LogP contribution is -2.26. The molecule has 1 fully saturated rings. The van der Waals surface area contributed by atoms with Crippen LogP contribution in [-0.2, 0) is 0 Å². The summed E-state index contributed by atoms with van der Waals surface area (Å²) in [5, 5.41) is 6.09. The molecule has 3 rings (SSSR count). The van der Waals surface area contributed by atoms with E-state index in [0.29, 0.717) is 40.3 Å². The summed E-state index contributed by atoms with van der Waals surface area (Å²) in [4.78, 5) is 20.8. The standard InChI is InChI=1S/C18H22N4O4/c1-10-19-13(18(23)22-11-5-6-11)9-16(20-10)21-12-7-14(24-2)17(26-4)15(8-12)25-3/h7-9,11H,5-6H2,1-4H3,(H,22,23)(H,19,20,21). The Balaban J connectivity index is 1.88. The Bertz CT molecular complexity index is 796. The van der Waals surface area contributed by atoms with Gasteiger partial charge in [0.2, 0.25) is 5.75 Å². The van der Waals surface area contributed by atoms with Crippen LogP contribution in [0.3, 0.4) is 0 Å². The van der Waals surface area contributed by atoms with Gasteiger partial charge in [-0.3, -0.25) is 4.79 Å². The average molecular weight is 358 g/mol. The highest BCUT2D eigenvalue weighted by Crippen LogP contribution is 2.40. The topological polar surface area (TPSA) is 94.6 Å². The van der Waals surface area contributed by atoms with Gasteiger partial charge in [0.1, 0.15) is 17.3 Å². The average Bonchev–Trinajstić information content (AvgIpc) is 3.44. The van der Waals surface area contributed by atoms with E-state index in [-0.39, 0.29) is 11.9 Å². The molecule has 0 saturated heterocycles. The van der Waals surface area contributed by atoms with Crippen molar-refractivity contribution in [2.45, 2.75) is 25.8 Å². The third-order valence-corrected chi connectivity index (χ3v) is 3.92. The van der Waals surface area contributed by atoms with Crippen molar-refractivity contribution in [1.82, 2.24) is 15.3 Å². The van der Waals surface area contributed by atoms with Gasteiger partial charge >= 0.3 is 0 Å². The zero-order chi connectivity index (χ0) is 18.7. The zero-order valence-corrected chi connectivity index (χ0v) is 15.3. The van der Waals surface area contributed by atoms with Gasteiger partial charge in [-0.25, -0.2) is 9.97 Å². The van der Waals surface area contributed by atoms with Gasteiger partial charge in [-0.2, -0.15) is 0 Å². The number of ether oxygens (including phenoxy) is 3. The molecule has 138 valence electrons. The smallest absolute Gasteiger partial charge is 0.270 e. The number of hydrogen-bond donors (Lipinski definition) is 2. The Morgan fingerprint density at radius 3 is 2.23 bits per heavy atom. The Hall–Kier alpha value is -3.03. The maximum Gasteiger partial charge on any atom is 0.270 e. The Morgan fingerprint density at radius 1 is 1.04 bits per heavy atom. The van der Waals surface area contributed by atoms with E-state index in [9.17, 15) is 4.79 Å². The third-order valence-electron chi connectivity index (χ3n) is 3.92. The van der Waals surface area contributed by atoms with Crippen LogP contribution in [-0.4, -0.2) is 43.2 Å². The summed E-state index contributed by atoms with van der Waals surface area (Å²) in [5.74, 6) is 2.37. The summed E-state index contributed by atoms with van der Waals surface area (Å²) in [5.41, 5.74) is 1.02. The Morgan fingerprint density at radius 2 is 1.69 bits per heavy atom. The van der Waals surface area contributed by atoms with Crippen LogP contribution in [0.15, 0.2) is 18.2 Å². The molecule has 2 N–H and O–H groups in total. The van der Waals surface area contributed by atoms with Crippen LogP contribution >= 0.6 is 0 Å². The summed E-state index contributed by atoms with van der Waals surface area (Å²) in [6.45, 7) is 1.74. The molecule has 0 spiro atoms. The van der Waals surface area contributed by atoms with Gasteiger partial charge in [0, 0.05) is 29.9 Å². The lowest BCUT2D eigenvalue weighted by molar-refractivity contribution is 0.0945. The van der Waals surface area contributed by atoms with Crippen molar-refractivity contribution in [2.24, 2.45) is 0 Å². The van der Waals surface area contributed by atoms with Crippen LogP contribution in [0.25, 0.3) is 0 Å². The first-order valence-electron chi connectivity index (χ1n) is 8.27. The second-order valence-corrected chi connectivity index (χ2v) is 5.97. The molecule has 0 aliphatic heterocycles. The number of anilines is 2. The molecule has 1 aromatic heterocycles. The lowest BCUT2D eigenvalue weighted by atomic mass is 10.2.